The number of rotatable bonds is 9. The Morgan fingerprint density at radius 2 is 2.26 bits per heavy atom. The maximum absolute atomic E-state index is 6.04. The fourth-order valence-corrected chi connectivity index (χ4v) is 1.81. The quantitative estimate of drug-likeness (QED) is 0.683. The normalized spacial score (nSPS) is 14.4. The van der Waals surface area contributed by atoms with Crippen molar-refractivity contribution in [1.82, 2.24) is 9.97 Å². The van der Waals surface area contributed by atoms with Crippen LogP contribution in [0.1, 0.15) is 26.2 Å². The number of hydrogen-bond acceptors (Lipinski definition) is 5. The van der Waals surface area contributed by atoms with Crippen LogP contribution in [0.3, 0.4) is 0 Å². The molecule has 2 N–H and O–H groups in total. The summed E-state index contributed by atoms with van der Waals surface area (Å²) in [6.45, 7) is 5.29. The van der Waals surface area contributed by atoms with Gasteiger partial charge in [-0.1, -0.05) is 11.6 Å². The van der Waals surface area contributed by atoms with Crippen molar-refractivity contribution in [3.8, 4) is 0 Å². The molecule has 0 bridgehead atoms. The van der Waals surface area contributed by atoms with E-state index in [1.54, 1.807) is 6.20 Å². The molecule has 0 unspecified atom stereocenters. The SMILES string of the molecule is CCNc1ncc(Cl)c(NCCCOCC2CC2)n1. The topological polar surface area (TPSA) is 59.1 Å². The van der Waals surface area contributed by atoms with E-state index in [1.165, 1.54) is 12.8 Å². The second-order valence-electron chi connectivity index (χ2n) is 4.72. The van der Waals surface area contributed by atoms with Crippen molar-refractivity contribution < 1.29 is 4.74 Å². The molecule has 1 saturated carbocycles. The van der Waals surface area contributed by atoms with E-state index in [0.29, 0.717) is 16.8 Å². The molecule has 0 aromatic carbocycles. The molecular weight excluding hydrogens is 264 g/mol. The van der Waals surface area contributed by atoms with Gasteiger partial charge in [0.1, 0.15) is 10.8 Å². The van der Waals surface area contributed by atoms with E-state index >= 15 is 0 Å². The van der Waals surface area contributed by atoms with Crippen molar-refractivity contribution in [2.24, 2.45) is 5.92 Å². The molecule has 6 heteroatoms. The number of nitrogens with one attached hydrogen (secondary N) is 2. The summed E-state index contributed by atoms with van der Waals surface area (Å²) >= 11 is 6.04. The summed E-state index contributed by atoms with van der Waals surface area (Å²) in [5.74, 6) is 2.10. The second kappa shape index (κ2) is 7.50. The molecule has 0 aliphatic heterocycles. The molecule has 0 radical (unpaired) electrons. The van der Waals surface area contributed by atoms with E-state index in [-0.39, 0.29) is 0 Å². The van der Waals surface area contributed by atoms with Crippen LogP contribution in [-0.2, 0) is 4.74 Å². The average Bonchev–Trinajstić information content (AvgIpc) is 3.21. The Bertz CT molecular complexity index is 398. The van der Waals surface area contributed by atoms with Crippen molar-refractivity contribution in [2.45, 2.75) is 26.2 Å². The van der Waals surface area contributed by atoms with Gasteiger partial charge in [-0.25, -0.2) is 4.98 Å². The number of hydrogen-bond donors (Lipinski definition) is 2. The van der Waals surface area contributed by atoms with Crippen LogP contribution < -0.4 is 10.6 Å². The molecule has 5 nitrogen and oxygen atoms in total. The van der Waals surface area contributed by atoms with Crippen LogP contribution in [0.2, 0.25) is 5.02 Å². The molecule has 1 fully saturated rings. The van der Waals surface area contributed by atoms with E-state index in [0.717, 1.165) is 38.6 Å². The lowest BCUT2D eigenvalue weighted by Crippen LogP contribution is -2.10. The summed E-state index contributed by atoms with van der Waals surface area (Å²) in [6, 6.07) is 0. The van der Waals surface area contributed by atoms with Gasteiger partial charge in [0.05, 0.1) is 6.20 Å². The van der Waals surface area contributed by atoms with Gasteiger partial charge in [-0.2, -0.15) is 4.98 Å². The predicted octanol–water partition coefficient (Wildman–Crippen LogP) is 2.79. The van der Waals surface area contributed by atoms with Gasteiger partial charge in [0.15, 0.2) is 0 Å². The van der Waals surface area contributed by atoms with Crippen LogP contribution in [0.25, 0.3) is 0 Å². The molecule has 1 aromatic heterocycles. The number of halogens is 1. The first-order valence-corrected chi connectivity index (χ1v) is 7.25. The highest BCUT2D eigenvalue weighted by atomic mass is 35.5. The maximum atomic E-state index is 6.04. The molecule has 0 spiro atoms. The standard InChI is InChI=1S/C13H21ClN4O/c1-2-15-13-17-8-11(14)12(18-13)16-6-3-7-19-9-10-4-5-10/h8,10H,2-7,9H2,1H3,(H2,15,16,17,18). The molecule has 1 aromatic rings. The van der Waals surface area contributed by atoms with Crippen molar-refractivity contribution in [1.29, 1.82) is 0 Å². The highest BCUT2D eigenvalue weighted by Crippen LogP contribution is 2.28. The van der Waals surface area contributed by atoms with Crippen LogP contribution in [0.15, 0.2) is 6.20 Å². The Morgan fingerprint density at radius 1 is 1.42 bits per heavy atom. The number of ether oxygens (including phenoxy) is 1. The van der Waals surface area contributed by atoms with Crippen LogP contribution >= 0.6 is 11.6 Å². The van der Waals surface area contributed by atoms with Crippen LogP contribution in [0.5, 0.6) is 0 Å². The lowest BCUT2D eigenvalue weighted by molar-refractivity contribution is 0.124. The largest absolute Gasteiger partial charge is 0.381 e. The zero-order chi connectivity index (χ0) is 13.5. The number of anilines is 2. The molecular formula is C13H21ClN4O. The lowest BCUT2D eigenvalue weighted by Gasteiger charge is -2.09. The Balaban J connectivity index is 1.66. The third kappa shape index (κ3) is 5.20. The van der Waals surface area contributed by atoms with Crippen LogP contribution in [-0.4, -0.2) is 36.3 Å². The summed E-state index contributed by atoms with van der Waals surface area (Å²) in [4.78, 5) is 8.41. The fourth-order valence-electron chi connectivity index (χ4n) is 1.65. The zero-order valence-electron chi connectivity index (χ0n) is 11.3. The number of aromatic nitrogens is 2. The smallest absolute Gasteiger partial charge is 0.224 e. The Hall–Kier alpha value is -1.07. The van der Waals surface area contributed by atoms with Gasteiger partial charge in [-0.15, -0.1) is 0 Å². The first kappa shape index (κ1) is 14.3. The van der Waals surface area contributed by atoms with Crippen molar-refractivity contribution in [3.05, 3.63) is 11.2 Å². The van der Waals surface area contributed by atoms with Crippen LogP contribution in [0.4, 0.5) is 11.8 Å². The van der Waals surface area contributed by atoms with Crippen LogP contribution in [0, 0.1) is 5.92 Å². The monoisotopic (exact) mass is 284 g/mol. The van der Waals surface area contributed by atoms with Crippen molar-refractivity contribution >= 4 is 23.4 Å². The highest BCUT2D eigenvalue weighted by Gasteiger charge is 2.20. The zero-order valence-corrected chi connectivity index (χ0v) is 12.0. The molecule has 106 valence electrons. The van der Waals surface area contributed by atoms with Crippen molar-refractivity contribution in [2.75, 3.05) is 36.9 Å². The summed E-state index contributed by atoms with van der Waals surface area (Å²) in [7, 11) is 0. The van der Waals surface area contributed by atoms with Gasteiger partial charge in [0, 0.05) is 26.3 Å². The summed E-state index contributed by atoms with van der Waals surface area (Å²) in [5.41, 5.74) is 0. The van der Waals surface area contributed by atoms with E-state index in [9.17, 15) is 0 Å². The van der Waals surface area contributed by atoms with Gasteiger partial charge in [-0.3, -0.25) is 0 Å². The molecule has 2 rings (SSSR count). The molecule has 1 aliphatic rings. The highest BCUT2D eigenvalue weighted by molar-refractivity contribution is 6.32. The molecule has 1 heterocycles. The Kier molecular flexibility index (Phi) is 5.66. The minimum Gasteiger partial charge on any atom is -0.381 e. The fraction of sp³-hybridized carbons (Fsp3) is 0.692. The Morgan fingerprint density at radius 3 is 3.00 bits per heavy atom. The minimum absolute atomic E-state index is 0.542. The molecule has 1 aliphatic carbocycles. The van der Waals surface area contributed by atoms with Gasteiger partial charge < -0.3 is 15.4 Å². The van der Waals surface area contributed by atoms with Crippen molar-refractivity contribution in [3.63, 3.8) is 0 Å². The van der Waals surface area contributed by atoms with Gasteiger partial charge >= 0.3 is 0 Å². The number of nitrogens with zero attached hydrogens (tertiary/aromatic N) is 2. The summed E-state index contributed by atoms with van der Waals surface area (Å²) in [5, 5.41) is 6.81. The van der Waals surface area contributed by atoms with Gasteiger partial charge in [-0.05, 0) is 32.1 Å². The summed E-state index contributed by atoms with van der Waals surface area (Å²) < 4.78 is 5.57. The Labute approximate surface area is 119 Å². The van der Waals surface area contributed by atoms with E-state index in [1.807, 2.05) is 6.92 Å². The third-order valence-corrected chi connectivity index (χ3v) is 3.16. The predicted molar refractivity (Wildman–Crippen MR) is 77.9 cm³/mol. The first-order chi connectivity index (χ1) is 9.29. The molecule has 0 atom stereocenters. The molecule has 19 heavy (non-hydrogen) atoms. The van der Waals surface area contributed by atoms with E-state index in [4.69, 9.17) is 16.3 Å². The summed E-state index contributed by atoms with van der Waals surface area (Å²) in [6.07, 6.45) is 5.23. The maximum Gasteiger partial charge on any atom is 0.224 e. The lowest BCUT2D eigenvalue weighted by atomic mass is 10.4. The molecule has 0 amide bonds. The minimum atomic E-state index is 0.542. The van der Waals surface area contributed by atoms with Gasteiger partial charge in [0.25, 0.3) is 0 Å². The van der Waals surface area contributed by atoms with Gasteiger partial charge in [0.2, 0.25) is 5.95 Å². The first-order valence-electron chi connectivity index (χ1n) is 6.87. The third-order valence-electron chi connectivity index (χ3n) is 2.89. The average molecular weight is 285 g/mol. The van der Waals surface area contributed by atoms with E-state index in [2.05, 4.69) is 20.6 Å². The van der Waals surface area contributed by atoms with E-state index < -0.39 is 0 Å². The molecule has 0 saturated heterocycles. The second-order valence-corrected chi connectivity index (χ2v) is 5.13.